The fourth-order valence-electron chi connectivity index (χ4n) is 3.83. The number of aromatic nitrogens is 3. The Kier molecular flexibility index (Phi) is 6.58. The van der Waals surface area contributed by atoms with Crippen LogP contribution in [0.5, 0.6) is 0 Å². The van der Waals surface area contributed by atoms with Crippen molar-refractivity contribution in [3.8, 4) is 5.00 Å². The highest BCUT2D eigenvalue weighted by Crippen LogP contribution is 2.29. The summed E-state index contributed by atoms with van der Waals surface area (Å²) in [6, 6.07) is 13.2. The number of carbonyl (C=O) groups excluding carboxylic acids is 1. The standard InChI is InChI=1S/C21H25N5O4S2/c1-32(29,30)24-11-9-17(10-12-24)20-23-25(21(28)26(20)19-8-5-13-31-19)15-18(27)22-14-16-6-3-2-4-7-16/h2-8,13,17H,9-12,14-15H2,1H3,(H,22,27). The van der Waals surface area contributed by atoms with E-state index in [1.54, 1.807) is 4.57 Å². The van der Waals surface area contributed by atoms with Gasteiger partial charge in [-0.15, -0.1) is 11.3 Å². The Morgan fingerprint density at radius 1 is 1.16 bits per heavy atom. The van der Waals surface area contributed by atoms with Gasteiger partial charge in [0.2, 0.25) is 15.9 Å². The van der Waals surface area contributed by atoms with E-state index in [1.807, 2.05) is 47.8 Å². The zero-order valence-corrected chi connectivity index (χ0v) is 19.3. The SMILES string of the molecule is CS(=O)(=O)N1CCC(c2nn(CC(=O)NCc3ccccc3)c(=O)n2-c2cccs2)CC1. The Morgan fingerprint density at radius 3 is 2.50 bits per heavy atom. The minimum Gasteiger partial charge on any atom is -0.350 e. The van der Waals surface area contributed by atoms with E-state index in [0.717, 1.165) is 10.6 Å². The molecule has 170 valence electrons. The maximum Gasteiger partial charge on any atom is 0.351 e. The molecule has 0 atom stereocenters. The fraction of sp³-hybridized carbons (Fsp3) is 0.381. The van der Waals surface area contributed by atoms with E-state index in [4.69, 9.17) is 0 Å². The molecule has 0 aliphatic carbocycles. The first-order chi connectivity index (χ1) is 15.3. The second kappa shape index (κ2) is 9.39. The second-order valence-corrected chi connectivity index (χ2v) is 10.7. The smallest absolute Gasteiger partial charge is 0.350 e. The minimum atomic E-state index is -3.24. The molecule has 0 bridgehead atoms. The first kappa shape index (κ1) is 22.4. The normalized spacial score (nSPS) is 15.7. The maximum atomic E-state index is 13.1. The molecular formula is C21H25N5O4S2. The van der Waals surface area contributed by atoms with E-state index >= 15 is 0 Å². The van der Waals surface area contributed by atoms with Gasteiger partial charge in [0, 0.05) is 25.6 Å². The Morgan fingerprint density at radius 2 is 1.88 bits per heavy atom. The molecule has 3 aromatic rings. The molecule has 0 unspecified atom stereocenters. The van der Waals surface area contributed by atoms with Crippen LogP contribution in [-0.4, -0.2) is 52.3 Å². The van der Waals surface area contributed by atoms with Gasteiger partial charge in [0.1, 0.15) is 17.4 Å². The number of amides is 1. The molecule has 11 heteroatoms. The molecule has 0 spiro atoms. The van der Waals surface area contributed by atoms with Gasteiger partial charge in [-0.3, -0.25) is 4.79 Å². The lowest BCUT2D eigenvalue weighted by Crippen LogP contribution is -2.37. The summed E-state index contributed by atoms with van der Waals surface area (Å²) in [6.45, 7) is 0.954. The number of sulfonamides is 1. The third kappa shape index (κ3) is 5.00. The van der Waals surface area contributed by atoms with Crippen molar-refractivity contribution in [1.82, 2.24) is 24.0 Å². The van der Waals surface area contributed by atoms with Crippen molar-refractivity contribution in [3.63, 3.8) is 0 Å². The predicted octanol–water partition coefficient (Wildman–Crippen LogP) is 1.55. The lowest BCUT2D eigenvalue weighted by Gasteiger charge is -2.29. The van der Waals surface area contributed by atoms with E-state index in [2.05, 4.69) is 10.4 Å². The van der Waals surface area contributed by atoms with Crippen molar-refractivity contribution < 1.29 is 13.2 Å². The summed E-state index contributed by atoms with van der Waals surface area (Å²) in [7, 11) is -3.24. The van der Waals surface area contributed by atoms with E-state index < -0.39 is 10.0 Å². The van der Waals surface area contributed by atoms with Crippen molar-refractivity contribution >= 4 is 27.3 Å². The molecule has 1 aliphatic rings. The topological polar surface area (TPSA) is 106 Å². The molecule has 1 saturated heterocycles. The van der Waals surface area contributed by atoms with Crippen LogP contribution in [-0.2, 0) is 27.9 Å². The van der Waals surface area contributed by atoms with Gasteiger partial charge in [-0.05, 0) is 35.9 Å². The number of carbonyl (C=O) groups is 1. The summed E-state index contributed by atoms with van der Waals surface area (Å²) in [6.07, 6.45) is 2.34. The number of thiophene rings is 1. The van der Waals surface area contributed by atoms with Crippen molar-refractivity contribution in [2.45, 2.75) is 31.8 Å². The molecular weight excluding hydrogens is 450 g/mol. The first-order valence-electron chi connectivity index (χ1n) is 10.3. The predicted molar refractivity (Wildman–Crippen MR) is 122 cm³/mol. The molecule has 0 saturated carbocycles. The molecule has 1 N–H and O–H groups in total. The van der Waals surface area contributed by atoms with Crippen LogP contribution in [0.4, 0.5) is 0 Å². The van der Waals surface area contributed by atoms with E-state index in [0.29, 0.717) is 38.3 Å². The summed E-state index contributed by atoms with van der Waals surface area (Å²) >= 11 is 1.42. The summed E-state index contributed by atoms with van der Waals surface area (Å²) in [5.41, 5.74) is 0.596. The van der Waals surface area contributed by atoms with Crippen molar-refractivity contribution in [3.05, 3.63) is 69.7 Å². The number of rotatable bonds is 7. The Labute approximate surface area is 190 Å². The Bertz CT molecular complexity index is 1220. The highest BCUT2D eigenvalue weighted by molar-refractivity contribution is 7.88. The highest BCUT2D eigenvalue weighted by Gasteiger charge is 2.30. The zero-order chi connectivity index (χ0) is 22.7. The number of piperidine rings is 1. The average Bonchev–Trinajstić information content (AvgIpc) is 3.41. The highest BCUT2D eigenvalue weighted by atomic mass is 32.2. The van der Waals surface area contributed by atoms with Gasteiger partial charge < -0.3 is 5.32 Å². The third-order valence-electron chi connectivity index (χ3n) is 5.50. The minimum absolute atomic E-state index is 0.0728. The first-order valence-corrected chi connectivity index (χ1v) is 13.0. The van der Waals surface area contributed by atoms with Crippen LogP contribution in [0, 0.1) is 0 Å². The molecule has 0 radical (unpaired) electrons. The van der Waals surface area contributed by atoms with Crippen LogP contribution < -0.4 is 11.0 Å². The van der Waals surface area contributed by atoms with E-state index in [1.165, 1.54) is 26.6 Å². The molecule has 3 heterocycles. The summed E-state index contributed by atoms with van der Waals surface area (Å²) in [5.74, 6) is 0.197. The van der Waals surface area contributed by atoms with Crippen LogP contribution in [0.2, 0.25) is 0 Å². The third-order valence-corrected chi connectivity index (χ3v) is 7.66. The Balaban J connectivity index is 1.54. The molecule has 1 aromatic carbocycles. The number of nitrogens with one attached hydrogen (secondary N) is 1. The van der Waals surface area contributed by atoms with Gasteiger partial charge in [-0.25, -0.2) is 26.8 Å². The maximum absolute atomic E-state index is 13.1. The zero-order valence-electron chi connectivity index (χ0n) is 17.7. The Hall–Kier alpha value is -2.76. The lowest BCUT2D eigenvalue weighted by molar-refractivity contribution is -0.122. The van der Waals surface area contributed by atoms with Gasteiger partial charge in [0.25, 0.3) is 0 Å². The van der Waals surface area contributed by atoms with Gasteiger partial charge in [-0.2, -0.15) is 5.10 Å². The quantitative estimate of drug-likeness (QED) is 0.558. The summed E-state index contributed by atoms with van der Waals surface area (Å²) in [5, 5.41) is 9.94. The molecule has 1 aliphatic heterocycles. The van der Waals surface area contributed by atoms with Gasteiger partial charge in [0.15, 0.2) is 0 Å². The van der Waals surface area contributed by atoms with Crippen LogP contribution in [0.1, 0.15) is 30.1 Å². The number of hydrogen-bond donors (Lipinski definition) is 1. The van der Waals surface area contributed by atoms with Crippen molar-refractivity contribution in [2.75, 3.05) is 19.3 Å². The number of nitrogens with zero attached hydrogens (tertiary/aromatic N) is 4. The lowest BCUT2D eigenvalue weighted by atomic mass is 9.97. The van der Waals surface area contributed by atoms with Crippen LogP contribution in [0.15, 0.2) is 52.6 Å². The average molecular weight is 476 g/mol. The number of hydrogen-bond acceptors (Lipinski definition) is 6. The molecule has 9 nitrogen and oxygen atoms in total. The van der Waals surface area contributed by atoms with Crippen molar-refractivity contribution in [2.24, 2.45) is 0 Å². The molecule has 4 rings (SSSR count). The summed E-state index contributed by atoms with van der Waals surface area (Å²) in [4.78, 5) is 25.6. The van der Waals surface area contributed by atoms with Gasteiger partial charge in [0.05, 0.1) is 6.26 Å². The van der Waals surface area contributed by atoms with E-state index in [-0.39, 0.29) is 24.1 Å². The molecule has 32 heavy (non-hydrogen) atoms. The van der Waals surface area contributed by atoms with Crippen LogP contribution in [0.25, 0.3) is 5.00 Å². The molecule has 1 amide bonds. The number of benzene rings is 1. The summed E-state index contributed by atoms with van der Waals surface area (Å²) < 4.78 is 27.9. The second-order valence-electron chi connectivity index (χ2n) is 7.78. The molecule has 1 fully saturated rings. The monoisotopic (exact) mass is 475 g/mol. The van der Waals surface area contributed by atoms with Crippen LogP contribution >= 0.6 is 11.3 Å². The van der Waals surface area contributed by atoms with Crippen LogP contribution in [0.3, 0.4) is 0 Å². The van der Waals surface area contributed by atoms with Gasteiger partial charge in [-0.1, -0.05) is 30.3 Å². The molecule has 2 aromatic heterocycles. The fourth-order valence-corrected chi connectivity index (χ4v) is 5.44. The van der Waals surface area contributed by atoms with Crippen molar-refractivity contribution in [1.29, 1.82) is 0 Å². The van der Waals surface area contributed by atoms with Gasteiger partial charge >= 0.3 is 5.69 Å². The van der Waals surface area contributed by atoms with E-state index in [9.17, 15) is 18.0 Å². The largest absolute Gasteiger partial charge is 0.351 e.